The highest BCUT2D eigenvalue weighted by Crippen LogP contribution is 2.35. The van der Waals surface area contributed by atoms with E-state index in [0.29, 0.717) is 12.3 Å². The van der Waals surface area contributed by atoms with E-state index in [0.717, 1.165) is 22.3 Å². The summed E-state index contributed by atoms with van der Waals surface area (Å²) in [6.45, 7) is 4.20. The lowest BCUT2D eigenvalue weighted by atomic mass is 10.0. The number of ether oxygens (including phenoxy) is 2. The fraction of sp³-hybridized carbons (Fsp3) is 0.182. The molecule has 1 aromatic carbocycles. The van der Waals surface area contributed by atoms with Crippen LogP contribution >= 0.6 is 0 Å². The third-order valence-electron chi connectivity index (χ3n) is 4.38. The number of benzene rings is 1. The Morgan fingerprint density at radius 1 is 1.00 bits per heavy atom. The van der Waals surface area contributed by atoms with Crippen molar-refractivity contribution in [1.29, 1.82) is 0 Å². The quantitative estimate of drug-likeness (QED) is 0.464. The van der Waals surface area contributed by atoms with Crippen LogP contribution in [0.3, 0.4) is 0 Å². The Kier molecular flexibility index (Phi) is 5.20. The standard InChI is InChI=1S/C22H20N4O3/c1-3-28-21-16(22(27)29-4-2)14-17(23-24-21)19-18-12-8-9-13-26(18)25-20(19)15-10-6-5-7-11-15/h5-14H,3-4H2,1-2H3. The van der Waals surface area contributed by atoms with Crippen molar-refractivity contribution in [2.75, 3.05) is 13.2 Å². The van der Waals surface area contributed by atoms with Crippen molar-refractivity contribution in [2.24, 2.45) is 0 Å². The fourth-order valence-corrected chi connectivity index (χ4v) is 3.15. The van der Waals surface area contributed by atoms with E-state index >= 15 is 0 Å². The Bertz CT molecular complexity index is 1160. The summed E-state index contributed by atoms with van der Waals surface area (Å²) in [6, 6.07) is 17.3. The lowest BCUT2D eigenvalue weighted by Gasteiger charge is -2.10. The first kappa shape index (κ1) is 18.6. The van der Waals surface area contributed by atoms with Crippen LogP contribution in [0.5, 0.6) is 5.88 Å². The second kappa shape index (κ2) is 8.10. The molecule has 0 radical (unpaired) electrons. The van der Waals surface area contributed by atoms with Gasteiger partial charge in [-0.15, -0.1) is 10.2 Å². The van der Waals surface area contributed by atoms with Gasteiger partial charge < -0.3 is 9.47 Å². The number of hydrogen-bond acceptors (Lipinski definition) is 6. The third-order valence-corrected chi connectivity index (χ3v) is 4.38. The van der Waals surface area contributed by atoms with Gasteiger partial charge in [-0.1, -0.05) is 36.4 Å². The molecule has 0 bridgehead atoms. The van der Waals surface area contributed by atoms with Crippen molar-refractivity contribution in [3.05, 3.63) is 66.4 Å². The largest absolute Gasteiger partial charge is 0.476 e. The Morgan fingerprint density at radius 2 is 1.79 bits per heavy atom. The Morgan fingerprint density at radius 3 is 2.55 bits per heavy atom. The van der Waals surface area contributed by atoms with Crippen molar-refractivity contribution in [3.8, 4) is 28.4 Å². The van der Waals surface area contributed by atoms with E-state index in [1.165, 1.54) is 0 Å². The molecule has 146 valence electrons. The van der Waals surface area contributed by atoms with Crippen molar-refractivity contribution in [2.45, 2.75) is 13.8 Å². The van der Waals surface area contributed by atoms with Gasteiger partial charge in [-0.05, 0) is 32.0 Å². The van der Waals surface area contributed by atoms with E-state index < -0.39 is 5.97 Å². The second-order valence-corrected chi connectivity index (χ2v) is 6.22. The molecule has 0 amide bonds. The second-order valence-electron chi connectivity index (χ2n) is 6.22. The molecular weight excluding hydrogens is 368 g/mol. The predicted molar refractivity (Wildman–Crippen MR) is 109 cm³/mol. The zero-order chi connectivity index (χ0) is 20.2. The van der Waals surface area contributed by atoms with Crippen LogP contribution in [0.25, 0.3) is 28.0 Å². The van der Waals surface area contributed by atoms with Crippen LogP contribution in [0.4, 0.5) is 0 Å². The molecular formula is C22H20N4O3. The average molecular weight is 388 g/mol. The molecule has 0 fully saturated rings. The van der Waals surface area contributed by atoms with Crippen LogP contribution in [0, 0.1) is 0 Å². The number of carbonyl (C=O) groups excluding carboxylic acids is 1. The number of carbonyl (C=O) groups is 1. The van der Waals surface area contributed by atoms with Gasteiger partial charge in [0.25, 0.3) is 0 Å². The number of fused-ring (bicyclic) bond motifs is 1. The lowest BCUT2D eigenvalue weighted by Crippen LogP contribution is -2.10. The summed E-state index contributed by atoms with van der Waals surface area (Å²) in [7, 11) is 0. The van der Waals surface area contributed by atoms with Crippen LogP contribution in [-0.2, 0) is 4.74 Å². The predicted octanol–water partition coefficient (Wildman–Crippen LogP) is 4.03. The summed E-state index contributed by atoms with van der Waals surface area (Å²) >= 11 is 0. The van der Waals surface area contributed by atoms with Gasteiger partial charge in [-0.3, -0.25) is 0 Å². The van der Waals surface area contributed by atoms with E-state index in [-0.39, 0.29) is 18.1 Å². The highest BCUT2D eigenvalue weighted by molar-refractivity contribution is 5.96. The number of nitrogens with zero attached hydrogens (tertiary/aromatic N) is 4. The normalized spacial score (nSPS) is 10.8. The minimum atomic E-state index is -0.496. The molecule has 0 aliphatic heterocycles. The van der Waals surface area contributed by atoms with Gasteiger partial charge in [0, 0.05) is 11.8 Å². The summed E-state index contributed by atoms with van der Waals surface area (Å²) in [4.78, 5) is 12.5. The summed E-state index contributed by atoms with van der Waals surface area (Å²) in [6.07, 6.45) is 1.87. The topological polar surface area (TPSA) is 78.6 Å². The van der Waals surface area contributed by atoms with E-state index in [1.807, 2.05) is 61.7 Å². The summed E-state index contributed by atoms with van der Waals surface area (Å²) in [5, 5.41) is 13.2. The van der Waals surface area contributed by atoms with Gasteiger partial charge in [0.1, 0.15) is 11.3 Å². The average Bonchev–Trinajstić information content (AvgIpc) is 3.15. The van der Waals surface area contributed by atoms with E-state index in [2.05, 4.69) is 10.2 Å². The number of aromatic nitrogens is 4. The van der Waals surface area contributed by atoms with Crippen molar-refractivity contribution in [3.63, 3.8) is 0 Å². The van der Waals surface area contributed by atoms with Crippen molar-refractivity contribution < 1.29 is 14.3 Å². The Hall–Kier alpha value is -3.74. The number of rotatable bonds is 6. The van der Waals surface area contributed by atoms with Crippen LogP contribution in [0.15, 0.2) is 60.8 Å². The van der Waals surface area contributed by atoms with Gasteiger partial charge in [-0.2, -0.15) is 5.10 Å². The molecule has 0 saturated carbocycles. The maximum Gasteiger partial charge on any atom is 0.343 e. The smallest absolute Gasteiger partial charge is 0.343 e. The van der Waals surface area contributed by atoms with Crippen molar-refractivity contribution >= 4 is 11.5 Å². The first-order valence-corrected chi connectivity index (χ1v) is 9.43. The maximum absolute atomic E-state index is 12.5. The minimum absolute atomic E-state index is 0.160. The van der Waals surface area contributed by atoms with Crippen LogP contribution < -0.4 is 4.74 Å². The SMILES string of the molecule is CCOC(=O)c1cc(-c2c(-c3ccccc3)nn3ccccc23)nnc1OCC. The molecule has 0 aliphatic carbocycles. The number of esters is 1. The molecule has 0 spiro atoms. The maximum atomic E-state index is 12.5. The van der Waals surface area contributed by atoms with E-state index in [4.69, 9.17) is 14.6 Å². The molecule has 3 heterocycles. The van der Waals surface area contributed by atoms with Crippen LogP contribution in [-0.4, -0.2) is 39.0 Å². The summed E-state index contributed by atoms with van der Waals surface area (Å²) in [5.41, 5.74) is 4.12. The lowest BCUT2D eigenvalue weighted by molar-refractivity contribution is 0.0520. The molecule has 7 heteroatoms. The Labute approximate surface area is 167 Å². The van der Waals surface area contributed by atoms with Gasteiger partial charge in [0.05, 0.1) is 30.0 Å². The molecule has 0 unspecified atom stereocenters. The first-order chi connectivity index (χ1) is 14.2. The number of pyridine rings is 1. The summed E-state index contributed by atoms with van der Waals surface area (Å²) < 4.78 is 12.5. The van der Waals surface area contributed by atoms with Gasteiger partial charge in [-0.25, -0.2) is 9.31 Å². The highest BCUT2D eigenvalue weighted by atomic mass is 16.5. The zero-order valence-electron chi connectivity index (χ0n) is 16.2. The van der Waals surface area contributed by atoms with Gasteiger partial charge in [0.15, 0.2) is 0 Å². The van der Waals surface area contributed by atoms with Gasteiger partial charge >= 0.3 is 5.97 Å². The third kappa shape index (κ3) is 3.54. The first-order valence-electron chi connectivity index (χ1n) is 9.43. The molecule has 4 rings (SSSR count). The van der Waals surface area contributed by atoms with E-state index in [1.54, 1.807) is 17.5 Å². The van der Waals surface area contributed by atoms with Crippen LogP contribution in [0.2, 0.25) is 0 Å². The summed E-state index contributed by atoms with van der Waals surface area (Å²) in [5.74, 6) is -0.336. The van der Waals surface area contributed by atoms with E-state index in [9.17, 15) is 4.79 Å². The minimum Gasteiger partial charge on any atom is -0.476 e. The van der Waals surface area contributed by atoms with Crippen molar-refractivity contribution in [1.82, 2.24) is 19.8 Å². The van der Waals surface area contributed by atoms with Crippen LogP contribution in [0.1, 0.15) is 24.2 Å². The molecule has 0 aliphatic rings. The monoisotopic (exact) mass is 388 g/mol. The highest BCUT2D eigenvalue weighted by Gasteiger charge is 2.22. The molecule has 3 aromatic heterocycles. The molecule has 29 heavy (non-hydrogen) atoms. The zero-order valence-corrected chi connectivity index (χ0v) is 16.2. The Balaban J connectivity index is 1.95. The molecule has 0 N–H and O–H groups in total. The molecule has 0 saturated heterocycles. The molecule has 4 aromatic rings. The fourth-order valence-electron chi connectivity index (χ4n) is 3.15. The van der Waals surface area contributed by atoms with Gasteiger partial charge in [0.2, 0.25) is 5.88 Å². The number of hydrogen-bond donors (Lipinski definition) is 0. The molecule has 0 atom stereocenters. The molecule has 7 nitrogen and oxygen atoms in total.